The first-order valence-electron chi connectivity index (χ1n) is 7.90. The maximum absolute atomic E-state index is 10.5. The molecule has 1 aliphatic heterocycles. The molecule has 2 N–H and O–H groups in total. The molecule has 7 nitrogen and oxygen atoms in total. The minimum Gasteiger partial charge on any atom is -0.489 e. The van der Waals surface area contributed by atoms with Crippen molar-refractivity contribution in [1.82, 2.24) is 14.9 Å². The second kappa shape index (κ2) is 7.74. The second-order valence-corrected chi connectivity index (χ2v) is 5.74. The fraction of sp³-hybridized carbons (Fsp3) is 0.353. The third kappa shape index (κ3) is 4.66. The standard InChI is InChI=1S/C17H20N4O3/c22-16(23)10-20-17-18-8-13(9-19-17)11-21-7-6-15(12-21)24-14-4-2-1-3-5-14/h1-5,8-9,15H,6-7,10-12H2,(H,22,23)(H,18,19,20). The average molecular weight is 328 g/mol. The number of anilines is 1. The summed E-state index contributed by atoms with van der Waals surface area (Å²) < 4.78 is 5.98. The van der Waals surface area contributed by atoms with Gasteiger partial charge in [-0.2, -0.15) is 0 Å². The molecule has 126 valence electrons. The predicted octanol–water partition coefficient (Wildman–Crippen LogP) is 1.63. The molecule has 2 aromatic rings. The maximum Gasteiger partial charge on any atom is 0.322 e. The Balaban J connectivity index is 1.47. The minimum atomic E-state index is -0.941. The van der Waals surface area contributed by atoms with Gasteiger partial charge in [-0.05, 0) is 18.6 Å². The molecule has 1 atom stereocenters. The zero-order valence-electron chi connectivity index (χ0n) is 13.3. The maximum atomic E-state index is 10.5. The van der Waals surface area contributed by atoms with Crippen molar-refractivity contribution in [2.75, 3.05) is 25.0 Å². The predicted molar refractivity (Wildman–Crippen MR) is 88.9 cm³/mol. The number of likely N-dealkylation sites (tertiary alicyclic amines) is 1. The van der Waals surface area contributed by atoms with Crippen molar-refractivity contribution in [3.8, 4) is 5.75 Å². The van der Waals surface area contributed by atoms with Gasteiger partial charge in [-0.25, -0.2) is 9.97 Å². The van der Waals surface area contributed by atoms with Crippen molar-refractivity contribution in [2.45, 2.75) is 19.1 Å². The summed E-state index contributed by atoms with van der Waals surface area (Å²) in [4.78, 5) is 21.1. The van der Waals surface area contributed by atoms with E-state index in [1.54, 1.807) is 12.4 Å². The summed E-state index contributed by atoms with van der Waals surface area (Å²) in [6, 6.07) is 9.86. The van der Waals surface area contributed by atoms with Crippen LogP contribution in [-0.2, 0) is 11.3 Å². The molecule has 1 aromatic carbocycles. The van der Waals surface area contributed by atoms with E-state index >= 15 is 0 Å². The third-order valence-corrected chi connectivity index (χ3v) is 3.78. The second-order valence-electron chi connectivity index (χ2n) is 5.74. The number of carbonyl (C=O) groups is 1. The van der Waals surface area contributed by atoms with Crippen LogP contribution in [0.3, 0.4) is 0 Å². The van der Waals surface area contributed by atoms with Crippen molar-refractivity contribution >= 4 is 11.9 Å². The van der Waals surface area contributed by atoms with E-state index in [9.17, 15) is 4.79 Å². The summed E-state index contributed by atoms with van der Waals surface area (Å²) in [6.45, 7) is 2.41. The highest BCUT2D eigenvalue weighted by Crippen LogP contribution is 2.19. The van der Waals surface area contributed by atoms with Crippen molar-refractivity contribution in [1.29, 1.82) is 0 Å². The lowest BCUT2D eigenvalue weighted by Crippen LogP contribution is -2.24. The van der Waals surface area contributed by atoms with Gasteiger partial charge in [0.05, 0.1) is 0 Å². The number of aromatic nitrogens is 2. The van der Waals surface area contributed by atoms with Gasteiger partial charge in [0, 0.05) is 37.6 Å². The molecule has 0 spiro atoms. The Morgan fingerprint density at radius 1 is 1.29 bits per heavy atom. The van der Waals surface area contributed by atoms with Gasteiger partial charge in [0.1, 0.15) is 18.4 Å². The molecular formula is C17H20N4O3. The largest absolute Gasteiger partial charge is 0.489 e. The monoisotopic (exact) mass is 328 g/mol. The van der Waals surface area contributed by atoms with Crippen LogP contribution >= 0.6 is 0 Å². The van der Waals surface area contributed by atoms with Gasteiger partial charge in [0.2, 0.25) is 5.95 Å². The number of nitrogens with zero attached hydrogens (tertiary/aromatic N) is 3. The smallest absolute Gasteiger partial charge is 0.322 e. The topological polar surface area (TPSA) is 87.6 Å². The number of hydrogen-bond acceptors (Lipinski definition) is 6. The average Bonchev–Trinajstić information content (AvgIpc) is 3.02. The molecule has 0 aliphatic carbocycles. The fourth-order valence-corrected chi connectivity index (χ4v) is 2.67. The molecule has 1 fully saturated rings. The van der Waals surface area contributed by atoms with Crippen LogP contribution in [0.4, 0.5) is 5.95 Å². The molecule has 1 aliphatic rings. The SMILES string of the molecule is O=C(O)CNc1ncc(CN2CCC(Oc3ccccc3)C2)cn1. The number of ether oxygens (including phenoxy) is 1. The van der Waals surface area contributed by atoms with E-state index < -0.39 is 5.97 Å². The van der Waals surface area contributed by atoms with E-state index in [1.807, 2.05) is 30.3 Å². The number of carboxylic acids is 1. The number of rotatable bonds is 7. The Morgan fingerprint density at radius 3 is 2.75 bits per heavy atom. The number of aliphatic carboxylic acids is 1. The van der Waals surface area contributed by atoms with Gasteiger partial charge in [0.15, 0.2) is 0 Å². The normalized spacial score (nSPS) is 17.6. The number of nitrogens with one attached hydrogen (secondary N) is 1. The van der Waals surface area contributed by atoms with E-state index in [4.69, 9.17) is 9.84 Å². The summed E-state index contributed by atoms with van der Waals surface area (Å²) in [7, 11) is 0. The Bertz CT molecular complexity index is 663. The zero-order chi connectivity index (χ0) is 16.8. The highest BCUT2D eigenvalue weighted by atomic mass is 16.5. The van der Waals surface area contributed by atoms with Crippen LogP contribution in [0.2, 0.25) is 0 Å². The number of hydrogen-bond donors (Lipinski definition) is 2. The zero-order valence-corrected chi connectivity index (χ0v) is 13.3. The van der Waals surface area contributed by atoms with E-state index in [-0.39, 0.29) is 12.6 Å². The lowest BCUT2D eigenvalue weighted by Gasteiger charge is -2.16. The first-order valence-corrected chi connectivity index (χ1v) is 7.90. The number of carboxylic acid groups (broad SMARTS) is 1. The van der Waals surface area contributed by atoms with Crippen molar-refractivity contribution in [3.05, 3.63) is 48.3 Å². The third-order valence-electron chi connectivity index (χ3n) is 3.78. The Hall–Kier alpha value is -2.67. The lowest BCUT2D eigenvalue weighted by molar-refractivity contribution is -0.134. The lowest BCUT2D eigenvalue weighted by atomic mass is 10.3. The molecule has 0 saturated carbocycles. The van der Waals surface area contributed by atoms with Crippen molar-refractivity contribution in [2.24, 2.45) is 0 Å². The Kier molecular flexibility index (Phi) is 5.22. The molecule has 1 saturated heterocycles. The molecule has 0 bridgehead atoms. The van der Waals surface area contributed by atoms with Gasteiger partial charge in [0.25, 0.3) is 0 Å². The number of para-hydroxylation sites is 1. The van der Waals surface area contributed by atoms with Crippen molar-refractivity contribution in [3.63, 3.8) is 0 Å². The summed E-state index contributed by atoms with van der Waals surface area (Å²) in [5.41, 5.74) is 0.997. The van der Waals surface area contributed by atoms with E-state index in [1.165, 1.54) is 0 Å². The number of benzene rings is 1. The first kappa shape index (κ1) is 16.2. The van der Waals surface area contributed by atoms with Crippen LogP contribution in [0, 0.1) is 0 Å². The van der Waals surface area contributed by atoms with Crippen LogP contribution in [0.15, 0.2) is 42.7 Å². The summed E-state index contributed by atoms with van der Waals surface area (Å²) in [5.74, 6) is 0.290. The van der Waals surface area contributed by atoms with E-state index in [0.29, 0.717) is 5.95 Å². The molecule has 7 heteroatoms. The fourth-order valence-electron chi connectivity index (χ4n) is 2.67. The molecule has 1 aromatic heterocycles. The Morgan fingerprint density at radius 2 is 2.04 bits per heavy atom. The molecule has 0 radical (unpaired) electrons. The van der Waals surface area contributed by atoms with Gasteiger partial charge in [-0.15, -0.1) is 0 Å². The molecular weight excluding hydrogens is 308 g/mol. The van der Waals surface area contributed by atoms with Gasteiger partial charge in [-0.3, -0.25) is 9.69 Å². The molecule has 24 heavy (non-hydrogen) atoms. The van der Waals surface area contributed by atoms with Crippen LogP contribution < -0.4 is 10.1 Å². The summed E-state index contributed by atoms with van der Waals surface area (Å²) >= 11 is 0. The van der Waals surface area contributed by atoms with Crippen LogP contribution in [-0.4, -0.2) is 51.7 Å². The molecule has 3 rings (SSSR count). The van der Waals surface area contributed by atoms with Crippen molar-refractivity contribution < 1.29 is 14.6 Å². The minimum absolute atomic E-state index is 0.190. The highest BCUT2D eigenvalue weighted by molar-refractivity contribution is 5.71. The van der Waals surface area contributed by atoms with Gasteiger partial charge < -0.3 is 15.2 Å². The van der Waals surface area contributed by atoms with Crippen LogP contribution in [0.25, 0.3) is 0 Å². The molecule has 1 unspecified atom stereocenters. The summed E-state index contributed by atoms with van der Waals surface area (Å²) in [6.07, 6.45) is 4.64. The quantitative estimate of drug-likeness (QED) is 0.798. The van der Waals surface area contributed by atoms with E-state index in [2.05, 4.69) is 20.2 Å². The van der Waals surface area contributed by atoms with Crippen LogP contribution in [0.1, 0.15) is 12.0 Å². The first-order chi connectivity index (χ1) is 11.7. The Labute approximate surface area is 140 Å². The van der Waals surface area contributed by atoms with Gasteiger partial charge >= 0.3 is 5.97 Å². The molecule has 2 heterocycles. The van der Waals surface area contributed by atoms with Gasteiger partial charge in [-0.1, -0.05) is 18.2 Å². The summed E-state index contributed by atoms with van der Waals surface area (Å²) in [5, 5.41) is 11.3. The van der Waals surface area contributed by atoms with Crippen LogP contribution in [0.5, 0.6) is 5.75 Å². The van der Waals surface area contributed by atoms with E-state index in [0.717, 1.165) is 37.4 Å². The molecule has 0 amide bonds. The highest BCUT2D eigenvalue weighted by Gasteiger charge is 2.24.